The van der Waals surface area contributed by atoms with Crippen LogP contribution in [0.1, 0.15) is 74.8 Å². The largest absolute Gasteiger partial charge is 0.337 e. The Kier molecular flexibility index (Phi) is 6.10. The van der Waals surface area contributed by atoms with Crippen LogP contribution in [0.25, 0.3) is 0 Å². The third-order valence-corrected chi connectivity index (χ3v) is 6.23. The molecule has 2 atom stereocenters. The van der Waals surface area contributed by atoms with E-state index >= 15 is 0 Å². The van der Waals surface area contributed by atoms with E-state index in [2.05, 4.69) is 22.3 Å². The molecule has 2 aliphatic rings. The second-order valence-corrected chi connectivity index (χ2v) is 8.08. The van der Waals surface area contributed by atoms with Crippen molar-refractivity contribution in [1.82, 2.24) is 15.0 Å². The third kappa shape index (κ3) is 3.67. The van der Waals surface area contributed by atoms with Crippen molar-refractivity contribution >= 4 is 18.3 Å². The minimum Gasteiger partial charge on any atom is -0.337 e. The molecule has 1 aromatic carbocycles. The number of benzene rings is 1. The SMILES string of the molecule is CCC(C)C(=O)N1Cc2ccccc2CC1c1nc(C2(N)CCCC2)no1.Cl. The Labute approximate surface area is 172 Å². The van der Waals surface area contributed by atoms with Gasteiger partial charge in [0.2, 0.25) is 11.8 Å². The Morgan fingerprint density at radius 1 is 1.32 bits per heavy atom. The van der Waals surface area contributed by atoms with Gasteiger partial charge >= 0.3 is 0 Å². The molecule has 1 fully saturated rings. The smallest absolute Gasteiger partial charge is 0.249 e. The lowest BCUT2D eigenvalue weighted by molar-refractivity contribution is -0.139. The topological polar surface area (TPSA) is 85.2 Å². The van der Waals surface area contributed by atoms with Crippen LogP contribution in [0.4, 0.5) is 0 Å². The number of rotatable bonds is 4. The summed E-state index contributed by atoms with van der Waals surface area (Å²) in [4.78, 5) is 19.7. The van der Waals surface area contributed by atoms with E-state index in [0.29, 0.717) is 24.7 Å². The zero-order valence-corrected chi connectivity index (χ0v) is 17.4. The maximum Gasteiger partial charge on any atom is 0.249 e. The Bertz CT molecular complexity index is 831. The molecule has 1 saturated carbocycles. The van der Waals surface area contributed by atoms with E-state index in [0.717, 1.165) is 32.1 Å². The van der Waals surface area contributed by atoms with Crippen molar-refractivity contribution in [2.24, 2.45) is 11.7 Å². The normalized spacial score (nSPS) is 21.7. The van der Waals surface area contributed by atoms with Crippen molar-refractivity contribution in [3.8, 4) is 0 Å². The van der Waals surface area contributed by atoms with Crippen LogP contribution >= 0.6 is 12.4 Å². The Hall–Kier alpha value is -1.92. The first-order valence-corrected chi connectivity index (χ1v) is 10.0. The molecular weight excluding hydrogens is 376 g/mol. The molecule has 0 radical (unpaired) electrons. The molecule has 28 heavy (non-hydrogen) atoms. The zero-order chi connectivity index (χ0) is 19.0. The third-order valence-electron chi connectivity index (χ3n) is 6.23. The fourth-order valence-corrected chi connectivity index (χ4v) is 4.24. The van der Waals surface area contributed by atoms with E-state index in [9.17, 15) is 4.79 Å². The highest BCUT2D eigenvalue weighted by Crippen LogP contribution is 2.37. The zero-order valence-electron chi connectivity index (χ0n) is 16.6. The molecule has 1 aromatic heterocycles. The van der Waals surface area contributed by atoms with E-state index in [4.69, 9.17) is 10.3 Å². The molecule has 1 aliphatic heterocycles. The highest BCUT2D eigenvalue weighted by molar-refractivity contribution is 5.85. The van der Waals surface area contributed by atoms with Crippen LogP contribution in [0, 0.1) is 5.92 Å². The lowest BCUT2D eigenvalue weighted by Crippen LogP contribution is -2.41. The van der Waals surface area contributed by atoms with Gasteiger partial charge in [-0.3, -0.25) is 4.79 Å². The van der Waals surface area contributed by atoms with Crippen LogP contribution in [0.2, 0.25) is 0 Å². The van der Waals surface area contributed by atoms with E-state index < -0.39 is 5.54 Å². The average molecular weight is 405 g/mol. The second-order valence-electron chi connectivity index (χ2n) is 8.08. The molecule has 0 spiro atoms. The van der Waals surface area contributed by atoms with E-state index in [-0.39, 0.29) is 30.3 Å². The number of aromatic nitrogens is 2. The average Bonchev–Trinajstić information content (AvgIpc) is 3.36. The summed E-state index contributed by atoms with van der Waals surface area (Å²) in [6, 6.07) is 8.04. The summed E-state index contributed by atoms with van der Waals surface area (Å²) in [6.07, 6.45) is 5.46. The number of halogens is 1. The highest BCUT2D eigenvalue weighted by Gasteiger charge is 2.39. The standard InChI is InChI=1S/C21H28N4O2.ClH/c1-3-14(2)19(26)25-13-16-9-5-4-8-15(16)12-17(25)18-23-20(24-27-18)21(22)10-6-7-11-21;/h4-5,8-9,14,17H,3,6-7,10-13,22H2,1-2H3;1H. The van der Waals surface area contributed by atoms with Gasteiger partial charge in [-0.25, -0.2) is 0 Å². The molecule has 2 heterocycles. The number of carbonyl (C=O) groups excluding carboxylic acids is 1. The molecule has 2 N–H and O–H groups in total. The molecule has 2 unspecified atom stereocenters. The fourth-order valence-electron chi connectivity index (χ4n) is 4.24. The first-order chi connectivity index (χ1) is 13.0. The molecule has 2 aromatic rings. The first kappa shape index (κ1) is 20.8. The summed E-state index contributed by atoms with van der Waals surface area (Å²) < 4.78 is 5.66. The Morgan fingerprint density at radius 2 is 2.00 bits per heavy atom. The molecule has 0 bridgehead atoms. The van der Waals surface area contributed by atoms with Gasteiger partial charge in [-0.1, -0.05) is 56.1 Å². The van der Waals surface area contributed by atoms with Crippen molar-refractivity contribution < 1.29 is 9.32 Å². The molecule has 152 valence electrons. The van der Waals surface area contributed by atoms with Crippen LogP contribution < -0.4 is 5.73 Å². The van der Waals surface area contributed by atoms with Crippen molar-refractivity contribution in [2.45, 2.75) is 70.5 Å². The van der Waals surface area contributed by atoms with Gasteiger partial charge in [-0.05, 0) is 30.4 Å². The van der Waals surface area contributed by atoms with E-state index in [1.165, 1.54) is 11.1 Å². The number of amides is 1. The van der Waals surface area contributed by atoms with Gasteiger partial charge in [0.15, 0.2) is 5.82 Å². The van der Waals surface area contributed by atoms with Crippen LogP contribution in [0.15, 0.2) is 28.8 Å². The van der Waals surface area contributed by atoms with Crippen LogP contribution in [-0.2, 0) is 23.3 Å². The van der Waals surface area contributed by atoms with Crippen molar-refractivity contribution in [3.05, 3.63) is 47.1 Å². The summed E-state index contributed by atoms with van der Waals surface area (Å²) in [5.41, 5.74) is 8.44. The molecule has 0 saturated heterocycles. The maximum absolute atomic E-state index is 13.1. The van der Waals surface area contributed by atoms with E-state index in [1.54, 1.807) is 0 Å². The Morgan fingerprint density at radius 3 is 2.68 bits per heavy atom. The predicted molar refractivity (Wildman–Crippen MR) is 109 cm³/mol. The summed E-state index contributed by atoms with van der Waals surface area (Å²) in [6.45, 7) is 4.60. The molecule has 6 nitrogen and oxygen atoms in total. The van der Waals surface area contributed by atoms with Crippen molar-refractivity contribution in [3.63, 3.8) is 0 Å². The number of nitrogens with two attached hydrogens (primary N) is 1. The van der Waals surface area contributed by atoms with Gasteiger partial charge in [0, 0.05) is 18.9 Å². The number of hydrogen-bond donors (Lipinski definition) is 1. The molecule has 4 rings (SSSR count). The van der Waals surface area contributed by atoms with Gasteiger partial charge in [-0.15, -0.1) is 12.4 Å². The summed E-state index contributed by atoms with van der Waals surface area (Å²) in [5, 5.41) is 4.21. The van der Waals surface area contributed by atoms with Crippen molar-refractivity contribution in [2.75, 3.05) is 0 Å². The lowest BCUT2D eigenvalue weighted by Gasteiger charge is -2.36. The van der Waals surface area contributed by atoms with Gasteiger partial charge < -0.3 is 15.2 Å². The quantitative estimate of drug-likeness (QED) is 0.835. The summed E-state index contributed by atoms with van der Waals surface area (Å²) in [7, 11) is 0. The minimum absolute atomic E-state index is 0. The maximum atomic E-state index is 13.1. The first-order valence-electron chi connectivity index (χ1n) is 10.0. The van der Waals surface area contributed by atoms with Gasteiger partial charge in [0.25, 0.3) is 0 Å². The van der Waals surface area contributed by atoms with Gasteiger partial charge in [-0.2, -0.15) is 4.98 Å². The molecule has 1 amide bonds. The fraction of sp³-hybridized carbons (Fsp3) is 0.571. The van der Waals surface area contributed by atoms with Crippen LogP contribution in [0.5, 0.6) is 0 Å². The summed E-state index contributed by atoms with van der Waals surface area (Å²) >= 11 is 0. The van der Waals surface area contributed by atoms with Crippen molar-refractivity contribution in [1.29, 1.82) is 0 Å². The molecular formula is C21H29ClN4O2. The lowest BCUT2D eigenvalue weighted by atomic mass is 9.92. The number of fused-ring (bicyclic) bond motifs is 1. The Balaban J connectivity index is 0.00000225. The van der Waals surface area contributed by atoms with E-state index in [1.807, 2.05) is 30.9 Å². The number of nitrogens with zero attached hydrogens (tertiary/aromatic N) is 3. The van der Waals surface area contributed by atoms with Gasteiger partial charge in [0.1, 0.15) is 6.04 Å². The minimum atomic E-state index is -0.486. The number of carbonyl (C=O) groups is 1. The summed E-state index contributed by atoms with van der Waals surface area (Å²) in [5.74, 6) is 1.20. The van der Waals surface area contributed by atoms with Gasteiger partial charge in [0.05, 0.1) is 5.54 Å². The molecule has 1 aliphatic carbocycles. The predicted octanol–water partition coefficient (Wildman–Crippen LogP) is 3.89. The monoisotopic (exact) mass is 404 g/mol. The highest BCUT2D eigenvalue weighted by atomic mass is 35.5. The van der Waals surface area contributed by atoms with Crippen LogP contribution in [-0.4, -0.2) is 20.9 Å². The molecule has 7 heteroatoms. The number of hydrogen-bond acceptors (Lipinski definition) is 5. The second kappa shape index (κ2) is 8.21. The van der Waals surface area contributed by atoms with Crippen LogP contribution in [0.3, 0.4) is 0 Å².